The maximum atomic E-state index is 12.9. The molecule has 1 amide bonds. The summed E-state index contributed by atoms with van der Waals surface area (Å²) in [6.45, 7) is 3.42. The Morgan fingerprint density at radius 3 is 2.26 bits per heavy atom. The van der Waals surface area contributed by atoms with Crippen LogP contribution in [0.3, 0.4) is 0 Å². The van der Waals surface area contributed by atoms with Gasteiger partial charge >= 0.3 is 0 Å². The molecule has 0 fully saturated rings. The van der Waals surface area contributed by atoms with Gasteiger partial charge in [0.2, 0.25) is 10.3 Å². The van der Waals surface area contributed by atoms with Crippen molar-refractivity contribution in [1.29, 1.82) is 0 Å². The van der Waals surface area contributed by atoms with Crippen molar-refractivity contribution in [1.82, 2.24) is 4.90 Å². The molecule has 0 N–H and O–H groups in total. The van der Waals surface area contributed by atoms with Crippen LogP contribution < -0.4 is 14.2 Å². The number of hydrogen-bond acceptors (Lipinski definition) is 7. The van der Waals surface area contributed by atoms with E-state index in [9.17, 15) is 4.79 Å². The topological polar surface area (TPSA) is 57.2 Å². The lowest BCUT2D eigenvalue weighted by atomic mass is 10.1. The van der Waals surface area contributed by atoms with Gasteiger partial charge in [-0.3, -0.25) is 4.79 Å². The van der Waals surface area contributed by atoms with Crippen LogP contribution in [-0.2, 0) is 22.5 Å². The van der Waals surface area contributed by atoms with Gasteiger partial charge < -0.3 is 23.8 Å². The number of thiocarbonyl (C=S) groups is 1. The predicted molar refractivity (Wildman–Crippen MR) is 128 cm³/mol. The van der Waals surface area contributed by atoms with E-state index in [0.717, 1.165) is 16.9 Å². The zero-order chi connectivity index (χ0) is 22.6. The standard InChI is InChI=1S/C23H29NO5S2/c1-5-29-23(30)31-16-22(25)24(15-18-6-9-19(26-2)10-7-18)13-12-17-8-11-20(27-3)21(14-17)28-4/h6-11,14H,5,12-13,15-16H2,1-4H3. The van der Waals surface area contributed by atoms with Gasteiger partial charge in [0.05, 0.1) is 33.7 Å². The quantitative estimate of drug-likeness (QED) is 0.460. The fourth-order valence-corrected chi connectivity index (χ4v) is 3.83. The average molecular weight is 464 g/mol. The molecule has 31 heavy (non-hydrogen) atoms. The van der Waals surface area contributed by atoms with E-state index in [1.54, 1.807) is 21.3 Å². The van der Waals surface area contributed by atoms with Gasteiger partial charge in [-0.25, -0.2) is 0 Å². The van der Waals surface area contributed by atoms with Crippen LogP contribution in [-0.4, -0.2) is 55.4 Å². The van der Waals surface area contributed by atoms with Gasteiger partial charge in [-0.05, 0) is 61.0 Å². The number of nitrogens with zero attached hydrogens (tertiary/aromatic N) is 1. The molecule has 2 aromatic carbocycles. The highest BCUT2D eigenvalue weighted by Crippen LogP contribution is 2.28. The molecule has 0 aliphatic carbocycles. The minimum atomic E-state index is 0.00310. The molecule has 2 rings (SSSR count). The Balaban J connectivity index is 2.10. The van der Waals surface area contributed by atoms with Gasteiger partial charge in [0.1, 0.15) is 5.75 Å². The summed E-state index contributed by atoms with van der Waals surface area (Å²) in [6, 6.07) is 13.5. The van der Waals surface area contributed by atoms with E-state index in [4.69, 9.17) is 31.2 Å². The number of carbonyl (C=O) groups is 1. The highest BCUT2D eigenvalue weighted by Gasteiger charge is 2.16. The van der Waals surface area contributed by atoms with E-state index in [2.05, 4.69) is 0 Å². The minimum absolute atomic E-state index is 0.00310. The van der Waals surface area contributed by atoms with E-state index in [1.807, 2.05) is 54.3 Å². The molecule has 6 nitrogen and oxygen atoms in total. The van der Waals surface area contributed by atoms with Crippen molar-refractivity contribution in [3.63, 3.8) is 0 Å². The third-order valence-corrected chi connectivity index (χ3v) is 5.80. The predicted octanol–water partition coefficient (Wildman–Crippen LogP) is 4.34. The second kappa shape index (κ2) is 13.1. The van der Waals surface area contributed by atoms with Gasteiger partial charge in [-0.15, -0.1) is 0 Å². The molecule has 0 unspecified atom stereocenters. The molecule has 0 aliphatic rings. The highest BCUT2D eigenvalue weighted by molar-refractivity contribution is 8.23. The summed E-state index contributed by atoms with van der Waals surface area (Å²) in [4.78, 5) is 14.8. The Hall–Kier alpha value is -2.45. The second-order valence-corrected chi connectivity index (χ2v) is 8.15. The Morgan fingerprint density at radius 2 is 1.65 bits per heavy atom. The summed E-state index contributed by atoms with van der Waals surface area (Å²) < 4.78 is 21.6. The third kappa shape index (κ3) is 7.95. The number of rotatable bonds is 11. The molecular formula is C23H29NO5S2. The van der Waals surface area contributed by atoms with Crippen molar-refractivity contribution < 1.29 is 23.7 Å². The summed E-state index contributed by atoms with van der Waals surface area (Å²) in [7, 11) is 4.85. The number of hydrogen-bond donors (Lipinski definition) is 0. The Bertz CT molecular complexity index is 858. The second-order valence-electron chi connectivity index (χ2n) is 6.57. The molecule has 8 heteroatoms. The normalized spacial score (nSPS) is 10.3. The molecule has 0 radical (unpaired) electrons. The lowest BCUT2D eigenvalue weighted by Gasteiger charge is -2.23. The largest absolute Gasteiger partial charge is 0.497 e. The van der Waals surface area contributed by atoms with Crippen LogP contribution >= 0.6 is 24.0 Å². The average Bonchev–Trinajstić information content (AvgIpc) is 2.80. The van der Waals surface area contributed by atoms with Crippen LogP contribution in [0.4, 0.5) is 0 Å². The van der Waals surface area contributed by atoms with Gasteiger partial charge in [0.15, 0.2) is 11.5 Å². The number of thioether (sulfide) groups is 1. The monoisotopic (exact) mass is 463 g/mol. The van der Waals surface area contributed by atoms with E-state index in [-0.39, 0.29) is 11.7 Å². The summed E-state index contributed by atoms with van der Waals surface area (Å²) in [5.74, 6) is 2.37. The smallest absolute Gasteiger partial charge is 0.233 e. The van der Waals surface area contributed by atoms with Gasteiger partial charge in [0, 0.05) is 13.1 Å². The van der Waals surface area contributed by atoms with Crippen molar-refractivity contribution >= 4 is 34.3 Å². The first-order valence-electron chi connectivity index (χ1n) is 9.91. The molecule has 0 atom stereocenters. The molecule has 0 bridgehead atoms. The van der Waals surface area contributed by atoms with Crippen LogP contribution in [0.25, 0.3) is 0 Å². The minimum Gasteiger partial charge on any atom is -0.497 e. The van der Waals surface area contributed by atoms with E-state index < -0.39 is 0 Å². The zero-order valence-electron chi connectivity index (χ0n) is 18.4. The van der Waals surface area contributed by atoms with Crippen molar-refractivity contribution in [3.8, 4) is 17.2 Å². The van der Waals surface area contributed by atoms with Gasteiger partial charge in [-0.2, -0.15) is 0 Å². The Morgan fingerprint density at radius 1 is 0.968 bits per heavy atom. The van der Waals surface area contributed by atoms with Crippen LogP contribution in [0.1, 0.15) is 18.1 Å². The summed E-state index contributed by atoms with van der Waals surface area (Å²) in [6.07, 6.45) is 0.683. The SMILES string of the molecule is CCOC(=S)SCC(=O)N(CCc1ccc(OC)c(OC)c1)Cc1ccc(OC)cc1. The van der Waals surface area contributed by atoms with Crippen molar-refractivity contribution in [2.45, 2.75) is 19.9 Å². The molecule has 0 spiro atoms. The summed E-state index contributed by atoms with van der Waals surface area (Å²) in [5.41, 5.74) is 2.08. The van der Waals surface area contributed by atoms with Crippen molar-refractivity contribution in [2.24, 2.45) is 0 Å². The first kappa shape index (κ1) is 24.8. The third-order valence-electron chi connectivity index (χ3n) is 4.58. The number of carbonyl (C=O) groups excluding carboxylic acids is 1. The first-order chi connectivity index (χ1) is 15.0. The van der Waals surface area contributed by atoms with Gasteiger partial charge in [0.25, 0.3) is 0 Å². The Labute approximate surface area is 193 Å². The lowest BCUT2D eigenvalue weighted by Crippen LogP contribution is -2.34. The molecule has 0 aliphatic heterocycles. The fraction of sp³-hybridized carbons (Fsp3) is 0.391. The molecule has 0 saturated carbocycles. The van der Waals surface area contributed by atoms with Crippen LogP contribution in [0.15, 0.2) is 42.5 Å². The molecule has 0 aromatic heterocycles. The van der Waals surface area contributed by atoms with Gasteiger partial charge in [-0.1, -0.05) is 30.0 Å². The van der Waals surface area contributed by atoms with Crippen LogP contribution in [0, 0.1) is 0 Å². The first-order valence-corrected chi connectivity index (χ1v) is 11.3. The number of amides is 1. The fourth-order valence-electron chi connectivity index (χ4n) is 2.91. The number of ether oxygens (including phenoxy) is 4. The Kier molecular flexibility index (Phi) is 10.5. The highest BCUT2D eigenvalue weighted by atomic mass is 32.2. The molecule has 168 valence electrons. The van der Waals surface area contributed by atoms with E-state index >= 15 is 0 Å². The molecule has 2 aromatic rings. The summed E-state index contributed by atoms with van der Waals surface area (Å²) >= 11 is 6.39. The zero-order valence-corrected chi connectivity index (χ0v) is 20.0. The van der Waals surface area contributed by atoms with E-state index in [1.165, 1.54) is 11.8 Å². The number of methoxy groups -OCH3 is 3. The summed E-state index contributed by atoms with van der Waals surface area (Å²) in [5, 5.41) is 0. The van der Waals surface area contributed by atoms with Crippen LogP contribution in [0.5, 0.6) is 17.2 Å². The van der Waals surface area contributed by atoms with Crippen LogP contribution in [0.2, 0.25) is 0 Å². The number of benzene rings is 2. The molecular weight excluding hydrogens is 434 g/mol. The van der Waals surface area contributed by atoms with E-state index in [0.29, 0.717) is 42.0 Å². The van der Waals surface area contributed by atoms with Crippen molar-refractivity contribution in [2.75, 3.05) is 40.2 Å². The maximum Gasteiger partial charge on any atom is 0.233 e. The molecule has 0 saturated heterocycles. The van der Waals surface area contributed by atoms with Crippen molar-refractivity contribution in [3.05, 3.63) is 53.6 Å². The lowest BCUT2D eigenvalue weighted by molar-refractivity contribution is -0.128. The maximum absolute atomic E-state index is 12.9. The molecule has 0 heterocycles.